The Morgan fingerprint density at radius 1 is 1.36 bits per heavy atom. The van der Waals surface area contributed by atoms with Crippen LogP contribution in [0.25, 0.3) is 0 Å². The van der Waals surface area contributed by atoms with E-state index in [9.17, 15) is 4.79 Å². The monoisotopic (exact) mass is 191 g/mol. The summed E-state index contributed by atoms with van der Waals surface area (Å²) in [6.45, 7) is 0. The molecule has 1 N–H and O–H groups in total. The fraction of sp³-hybridized carbons (Fsp3) is 0.455. The Labute approximate surface area is 82.8 Å². The van der Waals surface area contributed by atoms with Crippen molar-refractivity contribution in [1.29, 1.82) is 0 Å². The summed E-state index contributed by atoms with van der Waals surface area (Å²) < 4.78 is 0. The van der Waals surface area contributed by atoms with Gasteiger partial charge in [-0.2, -0.15) is 0 Å². The summed E-state index contributed by atoms with van der Waals surface area (Å²) in [6, 6.07) is 3.96. The molecular formula is C11H13NO2. The molecule has 1 aromatic rings. The average molecular weight is 191 g/mol. The molecule has 0 radical (unpaired) electrons. The van der Waals surface area contributed by atoms with Gasteiger partial charge in [0, 0.05) is 12.4 Å². The van der Waals surface area contributed by atoms with E-state index in [1.54, 1.807) is 12.4 Å². The van der Waals surface area contributed by atoms with Crippen LogP contribution in [0.4, 0.5) is 0 Å². The van der Waals surface area contributed by atoms with Gasteiger partial charge in [0.2, 0.25) is 0 Å². The molecule has 3 nitrogen and oxygen atoms in total. The van der Waals surface area contributed by atoms with E-state index in [1.165, 1.54) is 5.56 Å². The standard InChI is InChI=1S/C11H13NO2/c13-11(14)10-2-1-9(7-10)8-3-5-12-6-4-8/h3-6,9-10H,1-2,7H2,(H,13,14)/t9-,10+/m0/s1. The van der Waals surface area contributed by atoms with Crippen molar-refractivity contribution in [2.75, 3.05) is 0 Å². The summed E-state index contributed by atoms with van der Waals surface area (Å²) in [4.78, 5) is 14.7. The van der Waals surface area contributed by atoms with Gasteiger partial charge in [-0.05, 0) is 42.9 Å². The molecule has 1 aromatic heterocycles. The maximum Gasteiger partial charge on any atom is 0.306 e. The molecule has 0 saturated heterocycles. The van der Waals surface area contributed by atoms with Crippen molar-refractivity contribution in [1.82, 2.24) is 4.98 Å². The Bertz CT molecular complexity index is 323. The number of aromatic nitrogens is 1. The van der Waals surface area contributed by atoms with Crippen molar-refractivity contribution in [2.24, 2.45) is 5.92 Å². The first-order valence-corrected chi connectivity index (χ1v) is 4.90. The Hall–Kier alpha value is -1.38. The average Bonchev–Trinajstić information content (AvgIpc) is 2.68. The van der Waals surface area contributed by atoms with Gasteiger partial charge in [0.05, 0.1) is 5.92 Å². The van der Waals surface area contributed by atoms with Crippen LogP contribution in [0.15, 0.2) is 24.5 Å². The Kier molecular flexibility index (Phi) is 2.48. The topological polar surface area (TPSA) is 50.2 Å². The summed E-state index contributed by atoms with van der Waals surface area (Å²) in [6.07, 6.45) is 6.11. The van der Waals surface area contributed by atoms with E-state index in [-0.39, 0.29) is 5.92 Å². The SMILES string of the molecule is O=C(O)[C@@H]1CC[C@H](c2ccncc2)C1. The minimum absolute atomic E-state index is 0.145. The van der Waals surface area contributed by atoms with E-state index in [2.05, 4.69) is 4.98 Å². The second-order valence-corrected chi connectivity index (χ2v) is 3.83. The van der Waals surface area contributed by atoms with E-state index in [0.717, 1.165) is 19.3 Å². The highest BCUT2D eigenvalue weighted by molar-refractivity contribution is 5.70. The molecule has 1 fully saturated rings. The molecule has 0 aromatic carbocycles. The molecule has 3 heteroatoms. The Morgan fingerprint density at radius 3 is 2.64 bits per heavy atom. The van der Waals surface area contributed by atoms with Crippen LogP contribution in [0.5, 0.6) is 0 Å². The molecule has 1 heterocycles. The van der Waals surface area contributed by atoms with Gasteiger partial charge in [-0.1, -0.05) is 0 Å². The molecule has 0 aliphatic heterocycles. The van der Waals surface area contributed by atoms with Gasteiger partial charge < -0.3 is 5.11 Å². The van der Waals surface area contributed by atoms with E-state index >= 15 is 0 Å². The highest BCUT2D eigenvalue weighted by Crippen LogP contribution is 2.37. The van der Waals surface area contributed by atoms with Crippen LogP contribution in [0.2, 0.25) is 0 Å². The van der Waals surface area contributed by atoms with Gasteiger partial charge in [0.25, 0.3) is 0 Å². The summed E-state index contributed by atoms with van der Waals surface area (Å²) in [5, 5.41) is 8.87. The summed E-state index contributed by atoms with van der Waals surface area (Å²) in [5.74, 6) is -0.381. The first kappa shape index (κ1) is 9.19. The third-order valence-corrected chi connectivity index (χ3v) is 2.96. The van der Waals surface area contributed by atoms with Gasteiger partial charge in [0.1, 0.15) is 0 Å². The summed E-state index contributed by atoms with van der Waals surface area (Å²) in [5.41, 5.74) is 1.23. The number of carboxylic acid groups (broad SMARTS) is 1. The maximum absolute atomic E-state index is 10.8. The molecule has 2 atom stereocenters. The fourth-order valence-electron chi connectivity index (χ4n) is 2.14. The van der Waals surface area contributed by atoms with Crippen molar-refractivity contribution in [3.05, 3.63) is 30.1 Å². The number of hydrogen-bond donors (Lipinski definition) is 1. The lowest BCUT2D eigenvalue weighted by molar-refractivity contribution is -0.141. The molecular weight excluding hydrogens is 178 g/mol. The van der Waals surface area contributed by atoms with Gasteiger partial charge >= 0.3 is 5.97 Å². The quantitative estimate of drug-likeness (QED) is 0.778. The molecule has 2 rings (SSSR count). The van der Waals surface area contributed by atoms with E-state index < -0.39 is 5.97 Å². The van der Waals surface area contributed by atoms with Gasteiger partial charge in [0.15, 0.2) is 0 Å². The molecule has 14 heavy (non-hydrogen) atoms. The minimum atomic E-state index is -0.651. The number of carboxylic acids is 1. The third kappa shape index (κ3) is 1.76. The summed E-state index contributed by atoms with van der Waals surface area (Å²) in [7, 11) is 0. The van der Waals surface area contributed by atoms with Crippen molar-refractivity contribution >= 4 is 5.97 Å². The second-order valence-electron chi connectivity index (χ2n) is 3.83. The molecule has 1 saturated carbocycles. The van der Waals surface area contributed by atoms with E-state index in [1.807, 2.05) is 12.1 Å². The van der Waals surface area contributed by atoms with Crippen LogP contribution in [-0.2, 0) is 4.79 Å². The molecule has 0 unspecified atom stereocenters. The molecule has 0 amide bonds. The second kappa shape index (κ2) is 3.78. The summed E-state index contributed by atoms with van der Waals surface area (Å²) >= 11 is 0. The molecule has 0 bridgehead atoms. The van der Waals surface area contributed by atoms with E-state index in [4.69, 9.17) is 5.11 Å². The number of pyridine rings is 1. The van der Waals surface area contributed by atoms with E-state index in [0.29, 0.717) is 5.92 Å². The van der Waals surface area contributed by atoms with Crippen molar-refractivity contribution in [3.63, 3.8) is 0 Å². The molecule has 1 aliphatic carbocycles. The Morgan fingerprint density at radius 2 is 2.07 bits per heavy atom. The van der Waals surface area contributed by atoms with Crippen LogP contribution in [0.3, 0.4) is 0 Å². The van der Waals surface area contributed by atoms with Crippen LogP contribution in [0.1, 0.15) is 30.7 Å². The zero-order valence-corrected chi connectivity index (χ0v) is 7.89. The number of carbonyl (C=O) groups is 1. The Balaban J connectivity index is 2.06. The van der Waals surface area contributed by atoms with Crippen molar-refractivity contribution < 1.29 is 9.90 Å². The molecule has 1 aliphatic rings. The number of rotatable bonds is 2. The van der Waals surface area contributed by atoms with Gasteiger partial charge in [-0.25, -0.2) is 0 Å². The zero-order chi connectivity index (χ0) is 9.97. The number of hydrogen-bond acceptors (Lipinski definition) is 2. The number of aliphatic carboxylic acids is 1. The first-order chi connectivity index (χ1) is 6.77. The normalized spacial score (nSPS) is 26.3. The molecule has 74 valence electrons. The molecule has 0 spiro atoms. The predicted octanol–water partition coefficient (Wildman–Crippen LogP) is 2.05. The largest absolute Gasteiger partial charge is 0.481 e. The first-order valence-electron chi connectivity index (χ1n) is 4.90. The zero-order valence-electron chi connectivity index (χ0n) is 7.89. The lowest BCUT2D eigenvalue weighted by Crippen LogP contribution is -2.09. The van der Waals surface area contributed by atoms with Crippen molar-refractivity contribution in [2.45, 2.75) is 25.2 Å². The van der Waals surface area contributed by atoms with Gasteiger partial charge in [-0.15, -0.1) is 0 Å². The third-order valence-electron chi connectivity index (χ3n) is 2.96. The van der Waals surface area contributed by atoms with Crippen LogP contribution < -0.4 is 0 Å². The highest BCUT2D eigenvalue weighted by Gasteiger charge is 2.30. The van der Waals surface area contributed by atoms with Crippen LogP contribution >= 0.6 is 0 Å². The van der Waals surface area contributed by atoms with Crippen molar-refractivity contribution in [3.8, 4) is 0 Å². The maximum atomic E-state index is 10.8. The number of nitrogens with zero attached hydrogens (tertiary/aromatic N) is 1. The minimum Gasteiger partial charge on any atom is -0.481 e. The lowest BCUT2D eigenvalue weighted by atomic mass is 9.97. The van der Waals surface area contributed by atoms with Gasteiger partial charge in [-0.3, -0.25) is 9.78 Å². The highest BCUT2D eigenvalue weighted by atomic mass is 16.4. The fourth-order valence-corrected chi connectivity index (χ4v) is 2.14. The van der Waals surface area contributed by atoms with Crippen LogP contribution in [0, 0.1) is 5.92 Å². The lowest BCUT2D eigenvalue weighted by Gasteiger charge is -2.08. The predicted molar refractivity (Wildman–Crippen MR) is 52.0 cm³/mol. The smallest absolute Gasteiger partial charge is 0.306 e. The van der Waals surface area contributed by atoms with Crippen LogP contribution in [-0.4, -0.2) is 16.1 Å².